The van der Waals surface area contributed by atoms with Gasteiger partial charge in [0.05, 0.1) is 36.6 Å². The minimum atomic E-state index is -0.635. The van der Waals surface area contributed by atoms with Crippen LogP contribution in [0.2, 0.25) is 0 Å². The van der Waals surface area contributed by atoms with E-state index < -0.39 is 5.79 Å². The van der Waals surface area contributed by atoms with Gasteiger partial charge in [0.1, 0.15) is 11.8 Å². The highest BCUT2D eigenvalue weighted by molar-refractivity contribution is 5.94. The van der Waals surface area contributed by atoms with Crippen LogP contribution in [0.25, 0.3) is 10.9 Å². The molecule has 0 radical (unpaired) electrons. The van der Waals surface area contributed by atoms with Crippen LogP contribution >= 0.6 is 0 Å². The summed E-state index contributed by atoms with van der Waals surface area (Å²) >= 11 is 0. The van der Waals surface area contributed by atoms with Crippen LogP contribution in [0.3, 0.4) is 0 Å². The van der Waals surface area contributed by atoms with Crippen LogP contribution in [0.5, 0.6) is 0 Å². The van der Waals surface area contributed by atoms with Gasteiger partial charge in [0.15, 0.2) is 5.79 Å². The largest absolute Gasteiger partial charge is 0.348 e. The first kappa shape index (κ1) is 19.5. The number of para-hydroxylation sites is 1. The number of hydrogen-bond donors (Lipinski definition) is 0. The standard InChI is InChI=1S/C22H26N4O3/c1-15-11-17(25(4)24-15)12-26(13-18-14-28-22(2,3)29-18)21(27)20-10-9-16-7-5-6-8-19(16)23-20/h5-11,18H,12-14H2,1-4H3/t18-/m1/s1. The van der Waals surface area contributed by atoms with Crippen molar-refractivity contribution in [3.8, 4) is 0 Å². The van der Waals surface area contributed by atoms with Gasteiger partial charge in [-0.25, -0.2) is 4.98 Å². The Morgan fingerprint density at radius 1 is 1.28 bits per heavy atom. The minimum Gasteiger partial charge on any atom is -0.348 e. The molecule has 0 aliphatic carbocycles. The number of carbonyl (C=O) groups is 1. The summed E-state index contributed by atoms with van der Waals surface area (Å²) < 4.78 is 13.4. The van der Waals surface area contributed by atoms with Crippen LogP contribution in [0.1, 0.15) is 35.7 Å². The molecule has 0 saturated carbocycles. The van der Waals surface area contributed by atoms with Gasteiger partial charge in [-0.05, 0) is 39.0 Å². The van der Waals surface area contributed by atoms with Crippen LogP contribution in [0.15, 0.2) is 42.5 Å². The molecule has 7 nitrogen and oxygen atoms in total. The fraction of sp³-hybridized carbons (Fsp3) is 0.409. The van der Waals surface area contributed by atoms with Crippen molar-refractivity contribution in [3.05, 3.63) is 59.5 Å². The molecule has 0 N–H and O–H groups in total. The van der Waals surface area contributed by atoms with Gasteiger partial charge in [0.2, 0.25) is 0 Å². The molecule has 3 aromatic rings. The molecule has 0 unspecified atom stereocenters. The number of benzene rings is 1. The molecule has 2 aromatic heterocycles. The van der Waals surface area contributed by atoms with Gasteiger partial charge in [-0.15, -0.1) is 0 Å². The van der Waals surface area contributed by atoms with Gasteiger partial charge in [-0.1, -0.05) is 24.3 Å². The first-order chi connectivity index (χ1) is 13.8. The Bertz CT molecular complexity index is 1040. The van der Waals surface area contributed by atoms with Crippen molar-refractivity contribution >= 4 is 16.8 Å². The normalized spacial score (nSPS) is 18.3. The second-order valence-electron chi connectivity index (χ2n) is 7.93. The number of ether oxygens (including phenoxy) is 2. The topological polar surface area (TPSA) is 69.5 Å². The summed E-state index contributed by atoms with van der Waals surface area (Å²) in [6.45, 7) is 7.00. The average molecular weight is 394 g/mol. The van der Waals surface area contributed by atoms with Gasteiger partial charge in [-0.3, -0.25) is 9.48 Å². The van der Waals surface area contributed by atoms with E-state index in [0.29, 0.717) is 25.4 Å². The average Bonchev–Trinajstić information content (AvgIpc) is 3.20. The number of aryl methyl sites for hydroxylation is 2. The predicted molar refractivity (Wildman–Crippen MR) is 109 cm³/mol. The SMILES string of the molecule is Cc1cc(CN(C[C@@H]2COC(C)(C)O2)C(=O)c2ccc3ccccc3n2)n(C)n1. The van der Waals surface area contributed by atoms with Crippen LogP contribution in [0.4, 0.5) is 0 Å². The quantitative estimate of drug-likeness (QED) is 0.665. The molecule has 29 heavy (non-hydrogen) atoms. The molecule has 1 aliphatic heterocycles. The highest BCUT2D eigenvalue weighted by Gasteiger charge is 2.35. The molecule has 1 atom stereocenters. The van der Waals surface area contributed by atoms with Gasteiger partial charge < -0.3 is 14.4 Å². The van der Waals surface area contributed by atoms with E-state index in [1.54, 1.807) is 15.6 Å². The van der Waals surface area contributed by atoms with Crippen LogP contribution < -0.4 is 0 Å². The number of pyridine rings is 1. The van der Waals surface area contributed by atoms with Gasteiger partial charge in [-0.2, -0.15) is 5.10 Å². The lowest BCUT2D eigenvalue weighted by atomic mass is 10.2. The van der Waals surface area contributed by atoms with Gasteiger partial charge in [0, 0.05) is 12.4 Å². The van der Waals surface area contributed by atoms with E-state index in [-0.39, 0.29) is 12.0 Å². The maximum atomic E-state index is 13.4. The summed E-state index contributed by atoms with van der Waals surface area (Å²) in [5.74, 6) is -0.771. The molecule has 1 amide bonds. The Labute approximate surface area is 170 Å². The van der Waals surface area contributed by atoms with E-state index in [1.165, 1.54) is 0 Å². The van der Waals surface area contributed by atoms with E-state index in [1.807, 2.05) is 64.2 Å². The summed E-state index contributed by atoms with van der Waals surface area (Å²) in [6.07, 6.45) is -0.191. The zero-order chi connectivity index (χ0) is 20.6. The lowest BCUT2D eigenvalue weighted by Gasteiger charge is -2.26. The van der Waals surface area contributed by atoms with Crippen molar-refractivity contribution in [2.24, 2.45) is 7.05 Å². The number of hydrogen-bond acceptors (Lipinski definition) is 5. The molecular weight excluding hydrogens is 368 g/mol. The Morgan fingerprint density at radius 2 is 2.07 bits per heavy atom. The molecule has 0 bridgehead atoms. The summed E-state index contributed by atoms with van der Waals surface area (Å²) in [5, 5.41) is 5.41. The summed E-state index contributed by atoms with van der Waals surface area (Å²) in [6, 6.07) is 13.5. The molecule has 4 rings (SSSR count). The Kier molecular flexibility index (Phi) is 5.10. The number of nitrogens with zero attached hydrogens (tertiary/aromatic N) is 4. The second-order valence-corrected chi connectivity index (χ2v) is 7.93. The van der Waals surface area contributed by atoms with Gasteiger partial charge in [0.25, 0.3) is 5.91 Å². The molecule has 1 saturated heterocycles. The summed E-state index contributed by atoms with van der Waals surface area (Å²) in [4.78, 5) is 19.7. The van der Waals surface area contributed by atoms with Crippen LogP contribution in [-0.4, -0.2) is 50.6 Å². The number of amides is 1. The number of rotatable bonds is 5. The molecule has 1 fully saturated rings. The fourth-order valence-electron chi connectivity index (χ4n) is 3.67. The van der Waals surface area contributed by atoms with E-state index in [4.69, 9.17) is 9.47 Å². The number of aromatic nitrogens is 3. The summed E-state index contributed by atoms with van der Waals surface area (Å²) in [7, 11) is 1.89. The lowest BCUT2D eigenvalue weighted by molar-refractivity contribution is -0.139. The molecule has 1 aromatic carbocycles. The van der Waals surface area contributed by atoms with E-state index in [2.05, 4.69) is 10.1 Å². The highest BCUT2D eigenvalue weighted by Crippen LogP contribution is 2.24. The second kappa shape index (κ2) is 7.57. The monoisotopic (exact) mass is 394 g/mol. The van der Waals surface area contributed by atoms with Gasteiger partial charge >= 0.3 is 0 Å². The van der Waals surface area contributed by atoms with E-state index in [9.17, 15) is 4.79 Å². The third-order valence-electron chi connectivity index (χ3n) is 5.05. The molecule has 1 aliphatic rings. The van der Waals surface area contributed by atoms with Crippen molar-refractivity contribution in [3.63, 3.8) is 0 Å². The van der Waals surface area contributed by atoms with Crippen LogP contribution in [0, 0.1) is 6.92 Å². The fourth-order valence-corrected chi connectivity index (χ4v) is 3.67. The first-order valence-electron chi connectivity index (χ1n) is 9.77. The Morgan fingerprint density at radius 3 is 2.76 bits per heavy atom. The number of carbonyl (C=O) groups excluding carboxylic acids is 1. The third-order valence-corrected chi connectivity index (χ3v) is 5.05. The highest BCUT2D eigenvalue weighted by atomic mass is 16.7. The maximum Gasteiger partial charge on any atom is 0.272 e. The number of fused-ring (bicyclic) bond motifs is 1. The summed E-state index contributed by atoms with van der Waals surface area (Å²) in [5.41, 5.74) is 3.09. The van der Waals surface area contributed by atoms with E-state index in [0.717, 1.165) is 22.3 Å². The minimum absolute atomic E-state index is 0.136. The molecule has 3 heterocycles. The van der Waals surface area contributed by atoms with Crippen molar-refractivity contribution in [1.29, 1.82) is 0 Å². The van der Waals surface area contributed by atoms with E-state index >= 15 is 0 Å². The molecule has 152 valence electrons. The van der Waals surface area contributed by atoms with Crippen molar-refractivity contribution < 1.29 is 14.3 Å². The van der Waals surface area contributed by atoms with Crippen molar-refractivity contribution in [2.75, 3.05) is 13.2 Å². The van der Waals surface area contributed by atoms with Crippen molar-refractivity contribution in [1.82, 2.24) is 19.7 Å². The lowest BCUT2D eigenvalue weighted by Crippen LogP contribution is -2.39. The molecule has 0 spiro atoms. The molecule has 7 heteroatoms. The third kappa shape index (κ3) is 4.31. The Balaban J connectivity index is 1.62. The zero-order valence-electron chi connectivity index (χ0n) is 17.3. The first-order valence-corrected chi connectivity index (χ1v) is 9.77. The molecular formula is C22H26N4O3. The maximum absolute atomic E-state index is 13.4. The Hall–Kier alpha value is -2.77. The van der Waals surface area contributed by atoms with Crippen LogP contribution in [-0.2, 0) is 23.1 Å². The predicted octanol–water partition coefficient (Wildman–Crippen LogP) is 3.07. The smallest absolute Gasteiger partial charge is 0.272 e. The zero-order valence-corrected chi connectivity index (χ0v) is 17.3. The van der Waals surface area contributed by atoms with Crippen molar-refractivity contribution in [2.45, 2.75) is 39.2 Å².